The first-order chi connectivity index (χ1) is 10.2. The van der Waals surface area contributed by atoms with Crippen molar-refractivity contribution < 1.29 is 4.74 Å². The van der Waals surface area contributed by atoms with Gasteiger partial charge >= 0.3 is 0 Å². The van der Waals surface area contributed by atoms with Crippen LogP contribution in [0.3, 0.4) is 0 Å². The first-order valence-electron chi connectivity index (χ1n) is 6.97. The number of hydrogen-bond acceptors (Lipinski definition) is 6. The normalized spacial score (nSPS) is 10.5. The fraction of sp³-hybridized carbons (Fsp3) is 0.500. The Bertz CT molecular complexity index is 583. The minimum atomic E-state index is 0.664. The maximum atomic E-state index is 5.49. The number of nitrogens with one attached hydrogen (secondary N) is 1. The molecule has 0 radical (unpaired) electrons. The van der Waals surface area contributed by atoms with Crippen molar-refractivity contribution in [3.63, 3.8) is 0 Å². The summed E-state index contributed by atoms with van der Waals surface area (Å²) in [5.74, 6) is 2.15. The zero-order valence-electron chi connectivity index (χ0n) is 13.0. The second kappa shape index (κ2) is 6.92. The molecule has 0 fully saturated rings. The summed E-state index contributed by atoms with van der Waals surface area (Å²) in [6.45, 7) is 3.66. The van der Waals surface area contributed by atoms with Crippen LogP contribution in [0.25, 0.3) is 0 Å². The molecule has 2 aromatic heterocycles. The Morgan fingerprint density at radius 1 is 1.38 bits per heavy atom. The van der Waals surface area contributed by atoms with E-state index in [4.69, 9.17) is 4.74 Å². The maximum Gasteiger partial charge on any atom is 0.204 e. The van der Waals surface area contributed by atoms with E-state index < -0.39 is 0 Å². The lowest BCUT2D eigenvalue weighted by Gasteiger charge is -2.21. The lowest BCUT2D eigenvalue weighted by Crippen LogP contribution is -2.19. The highest BCUT2D eigenvalue weighted by Crippen LogP contribution is 2.31. The van der Waals surface area contributed by atoms with Gasteiger partial charge in [-0.25, -0.2) is 9.97 Å². The fourth-order valence-corrected chi connectivity index (χ4v) is 2.10. The Morgan fingerprint density at radius 3 is 2.81 bits per heavy atom. The van der Waals surface area contributed by atoms with Crippen LogP contribution >= 0.6 is 0 Å². The molecule has 0 unspecified atom stereocenters. The van der Waals surface area contributed by atoms with E-state index in [1.54, 1.807) is 18.1 Å². The Kier molecular flexibility index (Phi) is 4.97. The molecule has 0 saturated heterocycles. The van der Waals surface area contributed by atoms with Crippen LogP contribution in [0, 0.1) is 0 Å². The standard InChI is InChI=1S/C14H22N6O/c1-5-6-15-13-12(21-4)14(17-10-16-13)19(2)8-11-7-18-20(3)9-11/h7,9-10H,5-6,8H2,1-4H3,(H,15,16,17). The van der Waals surface area contributed by atoms with E-state index >= 15 is 0 Å². The predicted molar refractivity (Wildman–Crippen MR) is 82.7 cm³/mol. The van der Waals surface area contributed by atoms with E-state index in [1.165, 1.54) is 0 Å². The summed E-state index contributed by atoms with van der Waals surface area (Å²) in [7, 11) is 5.51. The Hall–Kier alpha value is -2.31. The number of anilines is 2. The number of aromatic nitrogens is 4. The molecule has 0 aromatic carbocycles. The number of hydrogen-bond donors (Lipinski definition) is 1. The van der Waals surface area contributed by atoms with Crippen LogP contribution in [-0.4, -0.2) is 40.5 Å². The van der Waals surface area contributed by atoms with Crippen molar-refractivity contribution in [1.29, 1.82) is 0 Å². The van der Waals surface area contributed by atoms with Crippen molar-refractivity contribution in [1.82, 2.24) is 19.7 Å². The zero-order valence-corrected chi connectivity index (χ0v) is 13.0. The molecule has 0 aliphatic carbocycles. The van der Waals surface area contributed by atoms with E-state index in [9.17, 15) is 0 Å². The molecule has 114 valence electrons. The summed E-state index contributed by atoms with van der Waals surface area (Å²) < 4.78 is 7.27. The van der Waals surface area contributed by atoms with E-state index in [0.717, 1.165) is 30.2 Å². The highest BCUT2D eigenvalue weighted by molar-refractivity contribution is 5.64. The zero-order chi connectivity index (χ0) is 15.2. The van der Waals surface area contributed by atoms with E-state index in [2.05, 4.69) is 27.3 Å². The monoisotopic (exact) mass is 290 g/mol. The highest BCUT2D eigenvalue weighted by Gasteiger charge is 2.16. The molecule has 21 heavy (non-hydrogen) atoms. The maximum absolute atomic E-state index is 5.49. The molecule has 0 atom stereocenters. The molecule has 7 heteroatoms. The number of methoxy groups -OCH3 is 1. The van der Waals surface area contributed by atoms with Crippen LogP contribution in [0.4, 0.5) is 11.6 Å². The van der Waals surface area contributed by atoms with Crippen molar-refractivity contribution >= 4 is 11.6 Å². The molecule has 0 aliphatic rings. The summed E-state index contributed by atoms with van der Waals surface area (Å²) in [5, 5.41) is 7.44. The van der Waals surface area contributed by atoms with Crippen LogP contribution in [0.1, 0.15) is 18.9 Å². The minimum absolute atomic E-state index is 0.664. The van der Waals surface area contributed by atoms with Gasteiger partial charge in [-0.3, -0.25) is 4.68 Å². The van der Waals surface area contributed by atoms with Crippen molar-refractivity contribution in [2.24, 2.45) is 7.05 Å². The summed E-state index contributed by atoms with van der Waals surface area (Å²) in [5.41, 5.74) is 1.11. The molecule has 0 bridgehead atoms. The summed E-state index contributed by atoms with van der Waals surface area (Å²) >= 11 is 0. The summed E-state index contributed by atoms with van der Waals surface area (Å²) in [4.78, 5) is 10.6. The molecule has 1 N–H and O–H groups in total. The molecular weight excluding hydrogens is 268 g/mol. The number of nitrogens with zero attached hydrogens (tertiary/aromatic N) is 5. The van der Waals surface area contributed by atoms with Gasteiger partial charge in [-0.2, -0.15) is 5.10 Å². The molecule has 0 spiro atoms. The van der Waals surface area contributed by atoms with Gasteiger partial charge in [-0.1, -0.05) is 6.92 Å². The molecule has 2 rings (SSSR count). The first kappa shape index (κ1) is 15.1. The van der Waals surface area contributed by atoms with E-state index in [-0.39, 0.29) is 0 Å². The van der Waals surface area contributed by atoms with Gasteiger partial charge in [0.1, 0.15) is 6.33 Å². The number of aryl methyl sites for hydroxylation is 1. The van der Waals surface area contributed by atoms with Crippen LogP contribution in [0.15, 0.2) is 18.7 Å². The third kappa shape index (κ3) is 3.62. The minimum Gasteiger partial charge on any atom is -0.490 e. The van der Waals surface area contributed by atoms with Gasteiger partial charge in [0.2, 0.25) is 5.75 Å². The van der Waals surface area contributed by atoms with Gasteiger partial charge in [-0.05, 0) is 6.42 Å². The Morgan fingerprint density at radius 2 is 2.19 bits per heavy atom. The molecule has 2 heterocycles. The summed E-state index contributed by atoms with van der Waals surface area (Å²) in [6.07, 6.45) is 6.41. The van der Waals surface area contributed by atoms with Crippen molar-refractivity contribution in [2.45, 2.75) is 19.9 Å². The number of ether oxygens (including phenoxy) is 1. The lowest BCUT2D eigenvalue weighted by molar-refractivity contribution is 0.412. The Balaban J connectivity index is 2.21. The van der Waals surface area contributed by atoms with E-state index in [1.807, 2.05) is 31.4 Å². The topological polar surface area (TPSA) is 68.1 Å². The van der Waals surface area contributed by atoms with Gasteiger partial charge in [0.05, 0.1) is 13.3 Å². The van der Waals surface area contributed by atoms with Crippen LogP contribution in [-0.2, 0) is 13.6 Å². The van der Waals surface area contributed by atoms with Crippen molar-refractivity contribution in [3.05, 3.63) is 24.3 Å². The van der Waals surface area contributed by atoms with Crippen molar-refractivity contribution in [2.75, 3.05) is 30.9 Å². The largest absolute Gasteiger partial charge is 0.490 e. The average Bonchev–Trinajstić information content (AvgIpc) is 2.89. The molecule has 7 nitrogen and oxygen atoms in total. The van der Waals surface area contributed by atoms with Gasteiger partial charge in [0.25, 0.3) is 0 Å². The quantitative estimate of drug-likeness (QED) is 0.836. The van der Waals surface area contributed by atoms with E-state index in [0.29, 0.717) is 12.3 Å². The Labute approximate surface area is 125 Å². The second-order valence-electron chi connectivity index (χ2n) is 4.88. The van der Waals surface area contributed by atoms with Gasteiger partial charge in [-0.15, -0.1) is 0 Å². The third-order valence-corrected chi connectivity index (χ3v) is 3.07. The average molecular weight is 290 g/mol. The molecule has 0 saturated carbocycles. The molecule has 0 amide bonds. The second-order valence-corrected chi connectivity index (χ2v) is 4.88. The van der Waals surface area contributed by atoms with Gasteiger partial charge in [0.15, 0.2) is 11.6 Å². The van der Waals surface area contributed by atoms with Gasteiger partial charge < -0.3 is 15.0 Å². The van der Waals surface area contributed by atoms with Crippen LogP contribution < -0.4 is 15.0 Å². The smallest absolute Gasteiger partial charge is 0.204 e. The SMILES string of the molecule is CCCNc1ncnc(N(C)Cc2cnn(C)c2)c1OC. The van der Waals surface area contributed by atoms with Crippen molar-refractivity contribution in [3.8, 4) is 5.75 Å². The van der Waals surface area contributed by atoms with Gasteiger partial charge in [0, 0.05) is 38.9 Å². The third-order valence-electron chi connectivity index (χ3n) is 3.07. The van der Waals surface area contributed by atoms with Crippen LogP contribution in [0.2, 0.25) is 0 Å². The number of rotatable bonds is 7. The lowest BCUT2D eigenvalue weighted by atomic mass is 10.3. The highest BCUT2D eigenvalue weighted by atomic mass is 16.5. The summed E-state index contributed by atoms with van der Waals surface area (Å²) in [6, 6.07) is 0. The molecule has 2 aromatic rings. The fourth-order valence-electron chi connectivity index (χ4n) is 2.10. The first-order valence-corrected chi connectivity index (χ1v) is 6.97. The molecule has 0 aliphatic heterocycles. The van der Waals surface area contributed by atoms with Crippen LogP contribution in [0.5, 0.6) is 5.75 Å². The predicted octanol–water partition coefficient (Wildman–Crippen LogP) is 1.68. The molecular formula is C14H22N6O.